The number of amides is 7. The van der Waals surface area contributed by atoms with Crippen molar-refractivity contribution >= 4 is 53.4 Å². The van der Waals surface area contributed by atoms with Gasteiger partial charge in [0.1, 0.15) is 31.3 Å². The van der Waals surface area contributed by atoms with Gasteiger partial charge in [-0.3, -0.25) is 39.0 Å². The summed E-state index contributed by atoms with van der Waals surface area (Å²) in [7, 11) is 6.13. The van der Waals surface area contributed by atoms with Gasteiger partial charge in [0.15, 0.2) is 0 Å². The SMILES string of the molecule is CC[C@H](C)[C@@H](C(CC(=O)N1CCC[C@H]1[C@H](OC)[C@@H](C)C(=O)N[C@H](C)[C@@H](O)c1ccccc1)OC)N(C)C(=O)[C@@H](NC(=O)[C@H](C(C)C)N(C)C(=O)OCc1ccc(NC(=O)O[C@H]2/C=C\CC[C@@](C)(C(=O)NCC(=O)O)CC2)cc1)C(C)C. The second kappa shape index (κ2) is 31.6. The molecule has 2 aromatic rings. The highest BCUT2D eigenvalue weighted by molar-refractivity contribution is 5.92. The molecular formula is C60H91N7O14. The number of carboxylic acid groups (broad SMARTS) is 1. The maximum Gasteiger partial charge on any atom is 0.412 e. The van der Waals surface area contributed by atoms with Gasteiger partial charge >= 0.3 is 18.2 Å². The number of aliphatic hydroxyl groups is 1. The monoisotopic (exact) mass is 1130 g/mol. The van der Waals surface area contributed by atoms with Crippen LogP contribution in [0.5, 0.6) is 0 Å². The molecule has 0 aromatic heterocycles. The molecule has 1 heterocycles. The van der Waals surface area contributed by atoms with Crippen LogP contribution in [0.1, 0.15) is 131 Å². The molecule has 81 heavy (non-hydrogen) atoms. The Hall–Kier alpha value is -6.58. The number of hydrogen-bond acceptors (Lipinski definition) is 13. The van der Waals surface area contributed by atoms with E-state index in [1.165, 1.54) is 26.2 Å². The molecule has 21 heteroatoms. The fourth-order valence-electron chi connectivity index (χ4n) is 10.9. The van der Waals surface area contributed by atoms with Crippen molar-refractivity contribution < 1.29 is 67.5 Å². The number of ether oxygens (including phenoxy) is 4. The lowest BCUT2D eigenvalue weighted by Gasteiger charge is -2.41. The number of carboxylic acids is 1. The van der Waals surface area contributed by atoms with Gasteiger partial charge < -0.3 is 54.9 Å². The molecule has 6 N–H and O–H groups in total. The molecule has 1 aliphatic heterocycles. The van der Waals surface area contributed by atoms with Gasteiger partial charge in [-0.05, 0) is 92.5 Å². The zero-order chi connectivity index (χ0) is 60.3. The van der Waals surface area contributed by atoms with Gasteiger partial charge in [0.25, 0.3) is 0 Å². The van der Waals surface area contributed by atoms with E-state index in [-0.39, 0.29) is 36.7 Å². The molecule has 1 unspecified atom stereocenters. The molecule has 1 aliphatic carbocycles. The third kappa shape index (κ3) is 18.7. The van der Waals surface area contributed by atoms with Crippen LogP contribution in [0.25, 0.3) is 0 Å². The molecule has 2 aliphatic rings. The van der Waals surface area contributed by atoms with E-state index in [2.05, 4.69) is 21.3 Å². The first kappa shape index (κ1) is 66.9. The molecule has 0 saturated carbocycles. The highest BCUT2D eigenvalue weighted by Gasteiger charge is 2.44. The molecule has 0 spiro atoms. The highest BCUT2D eigenvalue weighted by Crippen LogP contribution is 2.34. The minimum Gasteiger partial charge on any atom is -0.480 e. The van der Waals surface area contributed by atoms with Gasteiger partial charge in [-0.25, -0.2) is 9.59 Å². The Kier molecular flexibility index (Phi) is 26.1. The third-order valence-electron chi connectivity index (χ3n) is 16.0. The number of carbonyl (C=O) groups excluding carboxylic acids is 7. The number of hydrogen-bond donors (Lipinski definition) is 6. The van der Waals surface area contributed by atoms with Crippen LogP contribution >= 0.6 is 0 Å². The number of methoxy groups -OCH3 is 2. The molecule has 1 saturated heterocycles. The van der Waals surface area contributed by atoms with E-state index in [9.17, 15) is 43.5 Å². The van der Waals surface area contributed by atoms with E-state index < -0.39 is 114 Å². The number of rotatable bonds is 27. The van der Waals surface area contributed by atoms with Crippen LogP contribution in [0, 0.1) is 29.1 Å². The van der Waals surface area contributed by atoms with Gasteiger partial charge in [-0.1, -0.05) is 110 Å². The molecule has 0 radical (unpaired) electrons. The Balaban J connectivity index is 1.36. The van der Waals surface area contributed by atoms with Gasteiger partial charge in [0.05, 0.1) is 48.8 Å². The largest absolute Gasteiger partial charge is 0.480 e. The van der Waals surface area contributed by atoms with Crippen molar-refractivity contribution in [2.45, 2.75) is 175 Å². The summed E-state index contributed by atoms with van der Waals surface area (Å²) < 4.78 is 23.3. The lowest BCUT2D eigenvalue weighted by atomic mass is 9.78. The Bertz CT molecular complexity index is 2440. The second-order valence-electron chi connectivity index (χ2n) is 22.7. The molecule has 12 atom stereocenters. The van der Waals surface area contributed by atoms with E-state index in [0.717, 1.165) is 0 Å². The molecule has 7 amide bonds. The molecule has 450 valence electrons. The zero-order valence-electron chi connectivity index (χ0n) is 49.8. The Morgan fingerprint density at radius 3 is 2.09 bits per heavy atom. The highest BCUT2D eigenvalue weighted by atomic mass is 16.6. The van der Waals surface area contributed by atoms with E-state index in [0.29, 0.717) is 68.3 Å². The number of nitrogens with one attached hydrogen (secondary N) is 4. The van der Waals surface area contributed by atoms with Crippen LogP contribution in [-0.4, -0.2) is 163 Å². The van der Waals surface area contributed by atoms with E-state index >= 15 is 0 Å². The maximum atomic E-state index is 14.7. The smallest absolute Gasteiger partial charge is 0.412 e. The quantitative estimate of drug-likeness (QED) is 0.0501. The van der Waals surface area contributed by atoms with Gasteiger partial charge in [-0.15, -0.1) is 0 Å². The number of aliphatic carboxylic acids is 1. The van der Waals surface area contributed by atoms with Crippen molar-refractivity contribution in [2.75, 3.05) is 46.7 Å². The topological polar surface area (TPSA) is 272 Å². The summed E-state index contributed by atoms with van der Waals surface area (Å²) in [6.45, 7) is 16.2. The number of allylic oxidation sites excluding steroid dienone is 1. The Morgan fingerprint density at radius 2 is 1.49 bits per heavy atom. The van der Waals surface area contributed by atoms with Crippen molar-refractivity contribution in [2.24, 2.45) is 29.1 Å². The lowest BCUT2D eigenvalue weighted by Crippen LogP contribution is -2.60. The number of carbonyl (C=O) groups is 8. The average molecular weight is 1130 g/mol. The van der Waals surface area contributed by atoms with Gasteiger partial charge in [-0.2, -0.15) is 0 Å². The van der Waals surface area contributed by atoms with Crippen molar-refractivity contribution in [1.82, 2.24) is 30.7 Å². The standard InChI is InChI=1S/C60H91N7O14/c1-14-38(6)51(46(78-12)33-47(68)67-32-20-24-45(67)53(79-13)39(7)54(72)62-40(8)52(71)42-21-16-15-17-22-42)65(10)56(74)49(36(2)3)64-55(73)50(37(4)5)66(11)59(77)80-35-41-25-27-43(28-26-41)63-58(76)81-44-23-18-19-30-60(9,31-29-44)57(75)61-34-48(69)70/h15-18,21-23,25-28,36-40,44-46,49-53,71H,14,19-20,24,29-35H2,1-13H3,(H,61,75)(H,62,72)(H,63,76)(H,64,73)(H,69,70)/b23-18-/t38-,39+,40+,44-,45-,46?,49-,50-,51-,52+,53+,60+/m0/s1. The second-order valence-corrected chi connectivity index (χ2v) is 22.7. The minimum absolute atomic E-state index is 0.0719. The summed E-state index contributed by atoms with van der Waals surface area (Å²) in [5.41, 5.74) is 0.841. The summed E-state index contributed by atoms with van der Waals surface area (Å²) in [4.78, 5) is 112. The summed E-state index contributed by atoms with van der Waals surface area (Å²) in [5, 5.41) is 30.9. The number of benzene rings is 2. The Labute approximate surface area is 478 Å². The van der Waals surface area contributed by atoms with Crippen molar-refractivity contribution in [3.05, 3.63) is 77.9 Å². The molecule has 1 fully saturated rings. The molecule has 21 nitrogen and oxygen atoms in total. The fourth-order valence-corrected chi connectivity index (χ4v) is 10.9. The summed E-state index contributed by atoms with van der Waals surface area (Å²) in [6.07, 6.45) is 2.80. The summed E-state index contributed by atoms with van der Waals surface area (Å²) in [6, 6.07) is 11.9. The van der Waals surface area contributed by atoms with Crippen LogP contribution in [0.2, 0.25) is 0 Å². The van der Waals surface area contributed by atoms with Crippen molar-refractivity contribution in [3.8, 4) is 0 Å². The number of anilines is 1. The van der Waals surface area contributed by atoms with Crippen LogP contribution in [0.3, 0.4) is 0 Å². The van der Waals surface area contributed by atoms with Gasteiger partial charge in [0.2, 0.25) is 29.5 Å². The third-order valence-corrected chi connectivity index (χ3v) is 16.0. The molecule has 2 aromatic carbocycles. The predicted octanol–water partition coefficient (Wildman–Crippen LogP) is 6.83. The zero-order valence-corrected chi connectivity index (χ0v) is 49.8. The fraction of sp³-hybridized carbons (Fsp3) is 0.633. The number of likely N-dealkylation sites (tertiary alicyclic amines) is 1. The van der Waals surface area contributed by atoms with E-state index in [4.69, 9.17) is 24.1 Å². The average Bonchev–Trinajstić information content (AvgIpc) is 3.93. The first-order valence-corrected chi connectivity index (χ1v) is 28.4. The molecular weight excluding hydrogens is 1040 g/mol. The minimum atomic E-state index is -1.14. The first-order chi connectivity index (χ1) is 38.3. The molecule has 0 bridgehead atoms. The summed E-state index contributed by atoms with van der Waals surface area (Å²) in [5.74, 6) is -4.62. The predicted molar refractivity (Wildman–Crippen MR) is 305 cm³/mol. The van der Waals surface area contributed by atoms with Gasteiger partial charge in [0, 0.05) is 46.0 Å². The van der Waals surface area contributed by atoms with Crippen LogP contribution in [0.4, 0.5) is 15.3 Å². The van der Waals surface area contributed by atoms with E-state index in [1.807, 2.05) is 52.0 Å². The summed E-state index contributed by atoms with van der Waals surface area (Å²) >= 11 is 0. The first-order valence-electron chi connectivity index (χ1n) is 28.4. The van der Waals surface area contributed by atoms with Crippen LogP contribution < -0.4 is 21.3 Å². The number of likely N-dealkylation sites (N-methyl/N-ethyl adjacent to an activating group) is 2. The number of nitrogens with zero attached hydrogens (tertiary/aromatic N) is 3. The van der Waals surface area contributed by atoms with E-state index in [1.54, 1.807) is 93.9 Å². The maximum absolute atomic E-state index is 14.7. The van der Waals surface area contributed by atoms with Crippen LogP contribution in [-0.2, 0) is 54.3 Å². The van der Waals surface area contributed by atoms with Crippen LogP contribution in [0.15, 0.2) is 66.7 Å². The Morgan fingerprint density at radius 1 is 0.827 bits per heavy atom. The van der Waals surface area contributed by atoms with Crippen molar-refractivity contribution in [1.29, 1.82) is 0 Å². The number of aliphatic hydroxyl groups excluding tert-OH is 1. The normalized spacial score (nSPS) is 21.0. The molecule has 4 rings (SSSR count). The van der Waals surface area contributed by atoms with Crippen molar-refractivity contribution in [3.63, 3.8) is 0 Å². The lowest BCUT2D eigenvalue weighted by molar-refractivity contribution is -0.148.